The van der Waals surface area contributed by atoms with Crippen molar-refractivity contribution in [2.45, 2.75) is 24.8 Å². The van der Waals surface area contributed by atoms with Crippen LogP contribution in [-0.4, -0.2) is 21.3 Å². The summed E-state index contributed by atoms with van der Waals surface area (Å²) in [7, 11) is -3.69. The quantitative estimate of drug-likeness (QED) is 0.811. The minimum atomic E-state index is -3.69. The highest BCUT2D eigenvalue weighted by Gasteiger charge is 2.19. The Morgan fingerprint density at radius 1 is 1.00 bits per heavy atom. The van der Waals surface area contributed by atoms with Crippen LogP contribution in [0.15, 0.2) is 47.4 Å². The van der Waals surface area contributed by atoms with Crippen LogP contribution in [0.1, 0.15) is 13.8 Å². The first-order valence-corrected chi connectivity index (χ1v) is 7.11. The summed E-state index contributed by atoms with van der Waals surface area (Å²) in [6, 6.07) is 12.5. The Labute approximate surface area is 113 Å². The van der Waals surface area contributed by atoms with E-state index in [0.717, 1.165) is 5.39 Å². The Balaban J connectivity index is 0.000000861. The average molecular weight is 280 g/mol. The molecule has 0 N–H and O–H groups in total. The van der Waals surface area contributed by atoms with Gasteiger partial charge in [-0.25, -0.2) is 0 Å². The lowest BCUT2D eigenvalue weighted by atomic mass is 10.1. The maximum Gasteiger partial charge on any atom is 0.297 e. The maximum atomic E-state index is 12.0. The first-order chi connectivity index (χ1) is 9.00. The van der Waals surface area contributed by atoms with Crippen molar-refractivity contribution in [2.75, 3.05) is 0 Å². The monoisotopic (exact) mass is 280 g/mol. The smallest absolute Gasteiger partial charge is 0.297 e. The van der Waals surface area contributed by atoms with E-state index in [0.29, 0.717) is 5.39 Å². The van der Waals surface area contributed by atoms with Crippen LogP contribution in [0, 0.1) is 0 Å². The zero-order valence-corrected chi connectivity index (χ0v) is 11.7. The van der Waals surface area contributed by atoms with Crippen LogP contribution in [0.2, 0.25) is 0 Å². The van der Waals surface area contributed by atoms with Crippen molar-refractivity contribution in [1.29, 1.82) is 0 Å². The van der Waals surface area contributed by atoms with Gasteiger partial charge in [0.25, 0.3) is 10.1 Å². The lowest BCUT2D eigenvalue weighted by Gasteiger charge is -2.10. The first-order valence-electron chi connectivity index (χ1n) is 5.70. The van der Waals surface area contributed by atoms with Gasteiger partial charge >= 0.3 is 0 Å². The molecule has 0 radical (unpaired) electrons. The fourth-order valence-corrected chi connectivity index (χ4v) is 3.03. The van der Waals surface area contributed by atoms with E-state index in [1.54, 1.807) is 32.0 Å². The Bertz CT molecular complexity index is 642. The fourth-order valence-electron chi connectivity index (χ4n) is 1.72. The molecule has 0 aromatic heterocycles. The summed E-state index contributed by atoms with van der Waals surface area (Å²) in [4.78, 5) is 8.23. The highest BCUT2D eigenvalue weighted by atomic mass is 32.2. The molecule has 0 aliphatic rings. The van der Waals surface area contributed by atoms with Gasteiger partial charge in [-0.15, -0.1) is 0 Å². The van der Waals surface area contributed by atoms with Crippen LogP contribution in [-0.2, 0) is 19.1 Å². The Kier molecular flexibility index (Phi) is 5.20. The van der Waals surface area contributed by atoms with E-state index in [2.05, 4.69) is 0 Å². The third-order valence-corrected chi connectivity index (χ3v) is 3.87. The minimum Gasteiger partial charge on any atom is -0.307 e. The first kappa shape index (κ1) is 15.3. The third-order valence-electron chi connectivity index (χ3n) is 2.34. The van der Waals surface area contributed by atoms with E-state index in [-0.39, 0.29) is 11.0 Å². The van der Waals surface area contributed by atoms with Crippen LogP contribution in [0.3, 0.4) is 0 Å². The molecule has 5 heteroatoms. The van der Waals surface area contributed by atoms with Crippen molar-refractivity contribution < 1.29 is 17.4 Å². The second kappa shape index (κ2) is 6.45. The lowest BCUT2D eigenvalue weighted by Crippen LogP contribution is -2.12. The lowest BCUT2D eigenvalue weighted by molar-refractivity contribution is -0.0979. The second-order valence-corrected chi connectivity index (χ2v) is 5.62. The topological polar surface area (TPSA) is 60.4 Å². The summed E-state index contributed by atoms with van der Waals surface area (Å²) in [6.45, 7) is 5.39. The predicted octanol–water partition coefficient (Wildman–Crippen LogP) is 2.77. The molecule has 0 heterocycles. The van der Waals surface area contributed by atoms with Crippen molar-refractivity contribution in [3.63, 3.8) is 0 Å². The SMILES string of the molecule is C=O.CC(C)OS(=O)(=O)c1cccc2ccccc12. The molecule has 0 saturated heterocycles. The van der Waals surface area contributed by atoms with Gasteiger partial charge in [0.1, 0.15) is 11.7 Å². The predicted molar refractivity (Wildman–Crippen MR) is 74.5 cm³/mol. The van der Waals surface area contributed by atoms with Gasteiger partial charge in [0.2, 0.25) is 0 Å². The second-order valence-electron chi connectivity index (χ2n) is 4.08. The molecule has 0 atom stereocenters. The zero-order valence-electron chi connectivity index (χ0n) is 10.9. The molecule has 0 aliphatic carbocycles. The summed E-state index contributed by atoms with van der Waals surface area (Å²) in [5.74, 6) is 0. The van der Waals surface area contributed by atoms with Crippen molar-refractivity contribution in [1.82, 2.24) is 0 Å². The average Bonchev–Trinajstić information content (AvgIpc) is 2.39. The summed E-state index contributed by atoms with van der Waals surface area (Å²) < 4.78 is 29.1. The minimum absolute atomic E-state index is 0.226. The van der Waals surface area contributed by atoms with E-state index in [1.807, 2.05) is 31.1 Å². The molecule has 0 fully saturated rings. The largest absolute Gasteiger partial charge is 0.307 e. The van der Waals surface area contributed by atoms with Crippen LogP contribution >= 0.6 is 0 Å². The van der Waals surface area contributed by atoms with Gasteiger partial charge < -0.3 is 4.79 Å². The molecule has 0 unspecified atom stereocenters. The summed E-state index contributed by atoms with van der Waals surface area (Å²) in [5, 5.41) is 1.58. The molecule has 102 valence electrons. The van der Waals surface area contributed by atoms with Crippen LogP contribution in [0.25, 0.3) is 10.8 Å². The number of rotatable bonds is 3. The standard InChI is InChI=1S/C13H14O3S.CH2O/c1-10(2)16-17(14,15)13-9-5-7-11-6-3-4-8-12(11)13;1-2/h3-10H,1-2H3;1H2. The molecule has 4 nitrogen and oxygen atoms in total. The molecular weight excluding hydrogens is 264 g/mol. The van der Waals surface area contributed by atoms with Crippen LogP contribution in [0.5, 0.6) is 0 Å². The Hall–Kier alpha value is -1.72. The number of hydrogen-bond acceptors (Lipinski definition) is 4. The van der Waals surface area contributed by atoms with Gasteiger partial charge in [0.05, 0.1) is 6.10 Å². The van der Waals surface area contributed by atoms with Crippen molar-refractivity contribution in [2.24, 2.45) is 0 Å². The van der Waals surface area contributed by atoms with E-state index >= 15 is 0 Å². The van der Waals surface area contributed by atoms with Crippen molar-refractivity contribution in [3.8, 4) is 0 Å². The van der Waals surface area contributed by atoms with Crippen LogP contribution in [0.4, 0.5) is 0 Å². The normalized spacial score (nSPS) is 11.1. The maximum absolute atomic E-state index is 12.0. The molecule has 2 aromatic rings. The molecule has 0 bridgehead atoms. The zero-order chi connectivity index (χ0) is 14.5. The van der Waals surface area contributed by atoms with E-state index in [9.17, 15) is 8.42 Å². The van der Waals surface area contributed by atoms with E-state index < -0.39 is 10.1 Å². The Morgan fingerprint density at radius 2 is 1.58 bits per heavy atom. The number of fused-ring (bicyclic) bond motifs is 1. The third kappa shape index (κ3) is 3.62. The highest BCUT2D eigenvalue weighted by Crippen LogP contribution is 2.24. The van der Waals surface area contributed by atoms with Gasteiger partial charge in [0, 0.05) is 5.39 Å². The molecule has 0 amide bonds. The van der Waals surface area contributed by atoms with Crippen molar-refractivity contribution >= 4 is 27.7 Å². The van der Waals surface area contributed by atoms with Gasteiger partial charge in [-0.3, -0.25) is 4.18 Å². The molecule has 2 aromatic carbocycles. The molecule has 0 saturated carbocycles. The van der Waals surface area contributed by atoms with Crippen molar-refractivity contribution in [3.05, 3.63) is 42.5 Å². The van der Waals surface area contributed by atoms with Gasteiger partial charge in [-0.05, 0) is 25.3 Å². The number of carbonyl (C=O) groups is 1. The van der Waals surface area contributed by atoms with E-state index in [4.69, 9.17) is 8.98 Å². The van der Waals surface area contributed by atoms with Gasteiger partial charge in [-0.1, -0.05) is 36.4 Å². The highest BCUT2D eigenvalue weighted by molar-refractivity contribution is 7.87. The number of carbonyl (C=O) groups excluding carboxylic acids is 1. The van der Waals surface area contributed by atoms with E-state index in [1.165, 1.54) is 0 Å². The summed E-state index contributed by atoms with van der Waals surface area (Å²) >= 11 is 0. The van der Waals surface area contributed by atoms with Crippen LogP contribution < -0.4 is 0 Å². The molecule has 0 spiro atoms. The Morgan fingerprint density at radius 3 is 2.21 bits per heavy atom. The molecule has 0 aliphatic heterocycles. The number of benzene rings is 2. The van der Waals surface area contributed by atoms with Gasteiger partial charge in [0.15, 0.2) is 0 Å². The molecule has 2 rings (SSSR count). The molecule has 19 heavy (non-hydrogen) atoms. The fraction of sp³-hybridized carbons (Fsp3) is 0.214. The number of hydrogen-bond donors (Lipinski definition) is 0. The van der Waals surface area contributed by atoms with Gasteiger partial charge in [-0.2, -0.15) is 8.42 Å². The molecular formula is C14H16O4S. The summed E-state index contributed by atoms with van der Waals surface area (Å²) in [5.41, 5.74) is 0. The summed E-state index contributed by atoms with van der Waals surface area (Å²) in [6.07, 6.45) is -0.362.